The molecule has 0 atom stereocenters. The first kappa shape index (κ1) is 15.8. The summed E-state index contributed by atoms with van der Waals surface area (Å²) in [7, 11) is 0. The number of carbonyl (C=O) groups excluding carboxylic acids is 1. The van der Waals surface area contributed by atoms with Gasteiger partial charge in [-0.1, -0.05) is 0 Å². The number of carbonyl (C=O) groups is 1. The number of nitrogen functional groups attached to an aromatic ring is 1. The van der Waals surface area contributed by atoms with Gasteiger partial charge in [-0.2, -0.15) is 5.26 Å². The molecule has 1 aromatic carbocycles. The highest BCUT2D eigenvalue weighted by Gasteiger charge is 2.19. The largest absolute Gasteiger partial charge is 0.492 e. The molecule has 5 heteroatoms. The van der Waals surface area contributed by atoms with Crippen LogP contribution in [0.3, 0.4) is 0 Å². The van der Waals surface area contributed by atoms with Gasteiger partial charge in [0, 0.05) is 18.2 Å². The topological polar surface area (TPSA) is 79.3 Å². The molecule has 0 aliphatic heterocycles. The molecule has 1 aromatic rings. The number of nitrogens with two attached hydrogens (primary N) is 1. The number of nitriles is 1. The fraction of sp³-hybridized carbons (Fsp3) is 0.467. The summed E-state index contributed by atoms with van der Waals surface area (Å²) in [6.07, 6.45) is 0.316. The van der Waals surface area contributed by atoms with Crippen LogP contribution in [0, 0.1) is 11.3 Å². The second-order valence-corrected chi connectivity index (χ2v) is 4.69. The molecule has 0 aromatic heterocycles. The minimum atomic E-state index is -0.120. The van der Waals surface area contributed by atoms with Crippen LogP contribution in [0.15, 0.2) is 18.2 Å². The summed E-state index contributed by atoms with van der Waals surface area (Å²) in [6.45, 7) is 6.67. The Labute approximate surface area is 119 Å². The molecule has 0 fully saturated rings. The van der Waals surface area contributed by atoms with Gasteiger partial charge in [-0.25, -0.2) is 0 Å². The van der Waals surface area contributed by atoms with E-state index in [0.29, 0.717) is 36.6 Å². The zero-order valence-corrected chi connectivity index (χ0v) is 12.2. The average molecular weight is 275 g/mol. The van der Waals surface area contributed by atoms with Crippen LogP contribution in [0.5, 0.6) is 5.75 Å². The highest BCUT2D eigenvalue weighted by atomic mass is 16.5. The zero-order valence-electron chi connectivity index (χ0n) is 12.2. The van der Waals surface area contributed by atoms with E-state index >= 15 is 0 Å². The second kappa shape index (κ2) is 7.39. The molecule has 0 unspecified atom stereocenters. The Morgan fingerprint density at radius 2 is 2.20 bits per heavy atom. The van der Waals surface area contributed by atoms with Gasteiger partial charge in [0.2, 0.25) is 0 Å². The highest BCUT2D eigenvalue weighted by molar-refractivity contribution is 5.95. The number of hydrogen-bond acceptors (Lipinski definition) is 4. The van der Waals surface area contributed by atoms with Crippen LogP contribution >= 0.6 is 0 Å². The van der Waals surface area contributed by atoms with Gasteiger partial charge in [-0.15, -0.1) is 0 Å². The first-order valence-electron chi connectivity index (χ1n) is 6.71. The Hall–Kier alpha value is -2.22. The first-order valence-corrected chi connectivity index (χ1v) is 6.71. The van der Waals surface area contributed by atoms with E-state index in [9.17, 15) is 4.79 Å². The van der Waals surface area contributed by atoms with Crippen molar-refractivity contribution in [2.45, 2.75) is 33.2 Å². The van der Waals surface area contributed by atoms with Crippen molar-refractivity contribution in [2.75, 3.05) is 18.9 Å². The van der Waals surface area contributed by atoms with Gasteiger partial charge in [0.1, 0.15) is 5.75 Å². The zero-order chi connectivity index (χ0) is 15.1. The summed E-state index contributed by atoms with van der Waals surface area (Å²) in [5.74, 6) is 0.460. The van der Waals surface area contributed by atoms with Crippen molar-refractivity contribution in [1.82, 2.24) is 4.90 Å². The maximum atomic E-state index is 12.4. The molecule has 0 spiro atoms. The van der Waals surface area contributed by atoms with Gasteiger partial charge >= 0.3 is 0 Å². The predicted octanol–water partition coefficient (Wildman–Crippen LogP) is 2.43. The number of hydrogen-bond donors (Lipinski definition) is 1. The fourth-order valence-electron chi connectivity index (χ4n) is 1.90. The molecule has 1 rings (SSSR count). The summed E-state index contributed by atoms with van der Waals surface area (Å²) in [5.41, 5.74) is 6.83. The quantitative estimate of drug-likeness (QED) is 0.809. The Morgan fingerprint density at radius 1 is 1.50 bits per heavy atom. The van der Waals surface area contributed by atoms with E-state index in [-0.39, 0.29) is 11.9 Å². The number of amides is 1. The van der Waals surface area contributed by atoms with Crippen LogP contribution in [-0.4, -0.2) is 30.0 Å². The summed E-state index contributed by atoms with van der Waals surface area (Å²) < 4.78 is 5.35. The van der Waals surface area contributed by atoms with Gasteiger partial charge in [0.25, 0.3) is 5.91 Å². The molecule has 0 aliphatic carbocycles. The molecule has 0 aliphatic rings. The average Bonchev–Trinajstić information content (AvgIpc) is 2.41. The molecule has 0 saturated carbocycles. The minimum absolute atomic E-state index is 0.0312. The van der Waals surface area contributed by atoms with E-state index in [2.05, 4.69) is 6.07 Å². The predicted molar refractivity (Wildman–Crippen MR) is 78.4 cm³/mol. The van der Waals surface area contributed by atoms with Crippen molar-refractivity contribution in [2.24, 2.45) is 0 Å². The third-order valence-electron chi connectivity index (χ3n) is 2.91. The lowest BCUT2D eigenvalue weighted by atomic mass is 10.1. The lowest BCUT2D eigenvalue weighted by Gasteiger charge is -2.26. The second-order valence-electron chi connectivity index (χ2n) is 4.69. The van der Waals surface area contributed by atoms with Crippen molar-refractivity contribution in [1.29, 1.82) is 5.26 Å². The highest BCUT2D eigenvalue weighted by Crippen LogP contribution is 2.23. The fourth-order valence-corrected chi connectivity index (χ4v) is 1.90. The first-order chi connectivity index (χ1) is 9.51. The molecule has 1 amide bonds. The SMILES string of the molecule is CCOc1ccc(C(=O)N(CCC#N)C(C)C)cc1N. The van der Waals surface area contributed by atoms with Crippen molar-refractivity contribution in [3.8, 4) is 11.8 Å². The summed E-state index contributed by atoms with van der Waals surface area (Å²) in [4.78, 5) is 14.1. The van der Waals surface area contributed by atoms with Crippen LogP contribution in [0.1, 0.15) is 37.6 Å². The Bertz CT molecular complexity index is 506. The summed E-state index contributed by atoms with van der Waals surface area (Å²) >= 11 is 0. The van der Waals surface area contributed by atoms with E-state index < -0.39 is 0 Å². The minimum Gasteiger partial charge on any atom is -0.492 e. The molecule has 0 heterocycles. The van der Waals surface area contributed by atoms with Crippen LogP contribution in [0.4, 0.5) is 5.69 Å². The number of benzene rings is 1. The third kappa shape index (κ3) is 3.89. The van der Waals surface area contributed by atoms with E-state index in [1.807, 2.05) is 20.8 Å². The van der Waals surface area contributed by atoms with Crippen molar-refractivity contribution in [3.05, 3.63) is 23.8 Å². The molecule has 5 nitrogen and oxygen atoms in total. The Kier molecular flexibility index (Phi) is 5.85. The van der Waals surface area contributed by atoms with Crippen LogP contribution in [0.2, 0.25) is 0 Å². The molecule has 0 saturated heterocycles. The number of rotatable bonds is 6. The van der Waals surface area contributed by atoms with Gasteiger partial charge in [0.05, 0.1) is 24.8 Å². The molecule has 2 N–H and O–H groups in total. The standard InChI is InChI=1S/C15H21N3O2/c1-4-20-14-7-6-12(10-13(14)17)15(19)18(11(2)3)9-5-8-16/h6-7,10-11H,4-5,9,17H2,1-3H3. The maximum Gasteiger partial charge on any atom is 0.254 e. The summed E-state index contributed by atoms with van der Waals surface area (Å²) in [6, 6.07) is 7.11. The van der Waals surface area contributed by atoms with E-state index in [1.165, 1.54) is 0 Å². The van der Waals surface area contributed by atoms with Gasteiger partial charge in [-0.3, -0.25) is 4.79 Å². The van der Waals surface area contributed by atoms with Gasteiger partial charge in [0.15, 0.2) is 0 Å². The normalized spacial score (nSPS) is 10.2. The summed E-state index contributed by atoms with van der Waals surface area (Å²) in [5, 5.41) is 8.66. The number of anilines is 1. The Morgan fingerprint density at radius 3 is 2.70 bits per heavy atom. The molecular formula is C15H21N3O2. The lowest BCUT2D eigenvalue weighted by molar-refractivity contribution is 0.0710. The van der Waals surface area contributed by atoms with Gasteiger partial charge in [-0.05, 0) is 39.0 Å². The maximum absolute atomic E-state index is 12.4. The van der Waals surface area contributed by atoms with Crippen LogP contribution in [0.25, 0.3) is 0 Å². The lowest BCUT2D eigenvalue weighted by Crippen LogP contribution is -2.37. The molecule has 20 heavy (non-hydrogen) atoms. The van der Waals surface area contributed by atoms with E-state index in [1.54, 1.807) is 23.1 Å². The molecule has 108 valence electrons. The van der Waals surface area contributed by atoms with Crippen LogP contribution < -0.4 is 10.5 Å². The van der Waals surface area contributed by atoms with Gasteiger partial charge < -0.3 is 15.4 Å². The van der Waals surface area contributed by atoms with Crippen molar-refractivity contribution < 1.29 is 9.53 Å². The Balaban J connectivity index is 2.95. The smallest absolute Gasteiger partial charge is 0.254 e. The molecule has 0 radical (unpaired) electrons. The molecule has 0 bridgehead atoms. The van der Waals surface area contributed by atoms with E-state index in [0.717, 1.165) is 0 Å². The van der Waals surface area contributed by atoms with Crippen LogP contribution in [-0.2, 0) is 0 Å². The number of nitrogens with zero attached hydrogens (tertiary/aromatic N) is 2. The molecular weight excluding hydrogens is 254 g/mol. The monoisotopic (exact) mass is 275 g/mol. The van der Waals surface area contributed by atoms with Crippen molar-refractivity contribution >= 4 is 11.6 Å². The van der Waals surface area contributed by atoms with Crippen molar-refractivity contribution in [3.63, 3.8) is 0 Å². The number of ether oxygens (including phenoxy) is 1. The van der Waals surface area contributed by atoms with E-state index in [4.69, 9.17) is 15.7 Å². The third-order valence-corrected chi connectivity index (χ3v) is 2.91.